The number of hydrogen-bond acceptors (Lipinski definition) is 5. The van der Waals surface area contributed by atoms with Crippen LogP contribution in [0.5, 0.6) is 5.75 Å². The highest BCUT2D eigenvalue weighted by Crippen LogP contribution is 2.41. The Hall–Kier alpha value is -4.00. The van der Waals surface area contributed by atoms with Crippen LogP contribution in [0.25, 0.3) is 5.76 Å². The Morgan fingerprint density at radius 2 is 1.77 bits per heavy atom. The molecule has 156 valence electrons. The number of anilines is 1. The smallest absolute Gasteiger partial charge is 0.300 e. The lowest BCUT2D eigenvalue weighted by molar-refractivity contribution is -0.132. The number of aliphatic hydroxyl groups is 1. The van der Waals surface area contributed by atoms with Crippen LogP contribution in [-0.2, 0) is 9.59 Å². The fraction of sp³-hybridized carbons (Fsp3) is 0.125. The fourth-order valence-corrected chi connectivity index (χ4v) is 3.55. The van der Waals surface area contributed by atoms with Gasteiger partial charge in [0.15, 0.2) is 0 Å². The van der Waals surface area contributed by atoms with Gasteiger partial charge in [0.2, 0.25) is 0 Å². The Morgan fingerprint density at radius 3 is 2.39 bits per heavy atom. The van der Waals surface area contributed by atoms with Crippen molar-refractivity contribution in [2.75, 3.05) is 11.5 Å². The van der Waals surface area contributed by atoms with Gasteiger partial charge < -0.3 is 9.84 Å². The molecule has 1 aliphatic heterocycles. The minimum atomic E-state index is -0.941. The molecule has 1 fully saturated rings. The molecule has 2 heterocycles. The second kappa shape index (κ2) is 8.39. The van der Waals surface area contributed by atoms with E-state index in [1.165, 1.54) is 29.2 Å². The molecule has 0 spiro atoms. The van der Waals surface area contributed by atoms with E-state index in [9.17, 15) is 19.1 Å². The highest BCUT2D eigenvalue weighted by atomic mass is 19.1. The van der Waals surface area contributed by atoms with Crippen molar-refractivity contribution in [2.24, 2.45) is 0 Å². The number of amides is 1. The van der Waals surface area contributed by atoms with E-state index in [0.717, 1.165) is 0 Å². The summed E-state index contributed by atoms with van der Waals surface area (Å²) in [6.07, 6.45) is 1.55. The number of carbonyl (C=O) groups excluding carboxylic acids is 2. The molecule has 7 heteroatoms. The largest absolute Gasteiger partial charge is 0.507 e. The van der Waals surface area contributed by atoms with Crippen LogP contribution >= 0.6 is 0 Å². The van der Waals surface area contributed by atoms with Gasteiger partial charge in [0.05, 0.1) is 17.9 Å². The second-order valence-electron chi connectivity index (χ2n) is 6.86. The van der Waals surface area contributed by atoms with E-state index in [2.05, 4.69) is 4.98 Å². The van der Waals surface area contributed by atoms with Crippen molar-refractivity contribution in [3.8, 4) is 5.75 Å². The van der Waals surface area contributed by atoms with Crippen molar-refractivity contribution >= 4 is 23.1 Å². The van der Waals surface area contributed by atoms with Crippen molar-refractivity contribution < 1.29 is 23.8 Å². The minimum absolute atomic E-state index is 0.107. The molecule has 4 rings (SSSR count). The molecular weight excluding hydrogens is 399 g/mol. The number of carbonyl (C=O) groups is 2. The number of benzene rings is 2. The summed E-state index contributed by atoms with van der Waals surface area (Å²) in [4.78, 5) is 31.6. The van der Waals surface area contributed by atoms with Crippen molar-refractivity contribution in [3.05, 3.63) is 95.6 Å². The number of ether oxygens (including phenoxy) is 1. The van der Waals surface area contributed by atoms with Crippen molar-refractivity contribution in [1.82, 2.24) is 4.98 Å². The summed E-state index contributed by atoms with van der Waals surface area (Å²) in [7, 11) is 0. The Labute approximate surface area is 178 Å². The maximum absolute atomic E-state index is 13.3. The zero-order chi connectivity index (χ0) is 22.0. The molecule has 6 nitrogen and oxygen atoms in total. The average Bonchev–Trinajstić information content (AvgIpc) is 3.06. The van der Waals surface area contributed by atoms with Crippen LogP contribution in [-0.4, -0.2) is 28.4 Å². The van der Waals surface area contributed by atoms with Crippen LogP contribution < -0.4 is 9.64 Å². The van der Waals surface area contributed by atoms with Crippen LogP contribution in [0.2, 0.25) is 0 Å². The Balaban J connectivity index is 1.87. The van der Waals surface area contributed by atoms with Gasteiger partial charge in [-0.1, -0.05) is 6.07 Å². The second-order valence-corrected chi connectivity index (χ2v) is 6.86. The van der Waals surface area contributed by atoms with Crippen molar-refractivity contribution in [3.63, 3.8) is 0 Å². The molecule has 1 atom stereocenters. The molecule has 31 heavy (non-hydrogen) atoms. The highest BCUT2D eigenvalue weighted by molar-refractivity contribution is 6.51. The van der Waals surface area contributed by atoms with Crippen molar-refractivity contribution in [2.45, 2.75) is 13.0 Å². The van der Waals surface area contributed by atoms with Crippen LogP contribution in [0.4, 0.5) is 10.1 Å². The standard InChI is InChI=1S/C24H19FN2O4/c1-2-31-18-12-10-17(11-13-18)27-21(19-5-3-4-14-26-19)20(23(29)24(27)30)22(28)15-6-8-16(25)9-7-15/h3-14,21,28H,2H2,1H3/b22-20-. The van der Waals surface area contributed by atoms with E-state index in [0.29, 0.717) is 23.7 Å². The number of aliphatic hydroxyl groups excluding tert-OH is 1. The van der Waals surface area contributed by atoms with Gasteiger partial charge in [-0.25, -0.2) is 4.39 Å². The first-order valence-electron chi connectivity index (χ1n) is 9.72. The molecule has 0 aliphatic carbocycles. The lowest BCUT2D eigenvalue weighted by Crippen LogP contribution is -2.29. The first-order valence-corrected chi connectivity index (χ1v) is 9.72. The molecule has 1 aliphatic rings. The molecule has 1 aromatic heterocycles. The number of halogens is 1. The number of rotatable bonds is 5. The van der Waals surface area contributed by atoms with Gasteiger partial charge in [0.25, 0.3) is 11.7 Å². The molecule has 0 radical (unpaired) electrons. The molecule has 0 bridgehead atoms. The molecular formula is C24H19FN2O4. The van der Waals surface area contributed by atoms with Crippen LogP contribution in [0, 0.1) is 5.82 Å². The highest BCUT2D eigenvalue weighted by Gasteiger charge is 2.47. The average molecular weight is 418 g/mol. The zero-order valence-electron chi connectivity index (χ0n) is 16.7. The summed E-state index contributed by atoms with van der Waals surface area (Å²) in [6, 6.07) is 16.0. The predicted octanol–water partition coefficient (Wildman–Crippen LogP) is 4.25. The van der Waals surface area contributed by atoms with E-state index in [-0.39, 0.29) is 16.9 Å². The summed E-state index contributed by atoms with van der Waals surface area (Å²) >= 11 is 0. The number of ketones is 1. The number of nitrogens with zero attached hydrogens (tertiary/aromatic N) is 2. The molecule has 0 saturated carbocycles. The fourth-order valence-electron chi connectivity index (χ4n) is 3.55. The van der Waals surface area contributed by atoms with Gasteiger partial charge in [0.1, 0.15) is 23.4 Å². The third-order valence-electron chi connectivity index (χ3n) is 4.96. The van der Waals surface area contributed by atoms with Gasteiger partial charge in [-0.15, -0.1) is 0 Å². The summed E-state index contributed by atoms with van der Waals surface area (Å²) in [6.45, 7) is 2.36. The molecule has 1 saturated heterocycles. The van der Waals surface area contributed by atoms with Crippen LogP contribution in [0.3, 0.4) is 0 Å². The topological polar surface area (TPSA) is 79.7 Å². The summed E-state index contributed by atoms with van der Waals surface area (Å²) in [5.41, 5.74) is 0.995. The number of Topliss-reactive ketones (excluding diaryl/α,β-unsaturated/α-hetero) is 1. The number of pyridine rings is 1. The first kappa shape index (κ1) is 20.3. The van der Waals surface area contributed by atoms with Gasteiger partial charge in [0, 0.05) is 17.4 Å². The van der Waals surface area contributed by atoms with E-state index in [1.54, 1.807) is 48.7 Å². The maximum atomic E-state index is 13.3. The minimum Gasteiger partial charge on any atom is -0.507 e. The van der Waals surface area contributed by atoms with Gasteiger partial charge in [-0.3, -0.25) is 19.5 Å². The van der Waals surface area contributed by atoms with Crippen LogP contribution in [0.15, 0.2) is 78.5 Å². The summed E-state index contributed by atoms with van der Waals surface area (Å²) in [5, 5.41) is 10.9. The van der Waals surface area contributed by atoms with Crippen molar-refractivity contribution in [1.29, 1.82) is 0 Å². The monoisotopic (exact) mass is 418 g/mol. The Kier molecular flexibility index (Phi) is 5.49. The van der Waals surface area contributed by atoms with E-state index in [1.807, 2.05) is 6.92 Å². The van der Waals surface area contributed by atoms with Gasteiger partial charge >= 0.3 is 0 Å². The molecule has 1 amide bonds. The Bertz CT molecular complexity index is 1140. The molecule has 3 aromatic rings. The normalized spacial score (nSPS) is 17.7. The predicted molar refractivity (Wildman–Crippen MR) is 113 cm³/mol. The van der Waals surface area contributed by atoms with Crippen LogP contribution in [0.1, 0.15) is 24.2 Å². The summed E-state index contributed by atoms with van der Waals surface area (Å²) < 4.78 is 18.8. The zero-order valence-corrected chi connectivity index (χ0v) is 16.7. The summed E-state index contributed by atoms with van der Waals surface area (Å²) in [5.74, 6) is -1.87. The number of aromatic nitrogens is 1. The third-order valence-corrected chi connectivity index (χ3v) is 4.96. The quantitative estimate of drug-likeness (QED) is 0.381. The lowest BCUT2D eigenvalue weighted by atomic mass is 9.98. The molecule has 1 N–H and O–H groups in total. The van der Waals surface area contributed by atoms with E-state index in [4.69, 9.17) is 4.74 Å². The first-order chi connectivity index (χ1) is 15.0. The number of hydrogen-bond donors (Lipinski definition) is 1. The third kappa shape index (κ3) is 3.77. The maximum Gasteiger partial charge on any atom is 0.300 e. The van der Waals surface area contributed by atoms with Gasteiger partial charge in [-0.2, -0.15) is 0 Å². The van der Waals surface area contributed by atoms with Gasteiger partial charge in [-0.05, 0) is 67.6 Å². The molecule has 1 unspecified atom stereocenters. The SMILES string of the molecule is CCOc1ccc(N2C(=O)C(=O)/C(=C(\O)c3ccc(F)cc3)C2c2ccccn2)cc1. The molecule has 2 aromatic carbocycles. The Morgan fingerprint density at radius 1 is 1.06 bits per heavy atom. The van der Waals surface area contributed by atoms with E-state index >= 15 is 0 Å². The lowest BCUT2D eigenvalue weighted by Gasteiger charge is -2.24. The van der Waals surface area contributed by atoms with E-state index < -0.39 is 23.5 Å².